The van der Waals surface area contributed by atoms with Gasteiger partial charge in [0.05, 0.1) is 11.2 Å². The van der Waals surface area contributed by atoms with E-state index >= 15 is 0 Å². The zero-order chi connectivity index (χ0) is 13.3. The normalized spacial score (nSPS) is 22.7. The van der Waals surface area contributed by atoms with E-state index in [1.54, 1.807) is 5.01 Å². The Hall–Kier alpha value is -0.805. The molecule has 0 unspecified atom stereocenters. The van der Waals surface area contributed by atoms with E-state index in [2.05, 4.69) is 11.8 Å². The molecule has 0 aliphatic carbocycles. The Bertz CT molecular complexity index is 310. The van der Waals surface area contributed by atoms with Crippen molar-refractivity contribution >= 4 is 13.8 Å². The first kappa shape index (κ1) is 14.3. The number of allylic oxidation sites excluding steroid dienone is 1. The highest BCUT2D eigenvalue weighted by Crippen LogP contribution is 2.38. The van der Waals surface area contributed by atoms with Gasteiger partial charge in [0.15, 0.2) is 0 Å². The third kappa shape index (κ3) is 2.90. The molecule has 0 radical (unpaired) electrons. The summed E-state index contributed by atoms with van der Waals surface area (Å²) in [5, 5.41) is 5.65. The van der Waals surface area contributed by atoms with Crippen molar-refractivity contribution in [3.05, 3.63) is 11.7 Å². The lowest BCUT2D eigenvalue weighted by atomic mass is 9.80. The van der Waals surface area contributed by atoms with Crippen LogP contribution in [0.2, 0.25) is 0 Å². The topological polar surface area (TPSA) is 34.1 Å². The van der Waals surface area contributed by atoms with Gasteiger partial charge < -0.3 is 9.31 Å². The second kappa shape index (κ2) is 4.82. The van der Waals surface area contributed by atoms with E-state index in [0.717, 1.165) is 12.0 Å². The lowest BCUT2D eigenvalue weighted by molar-refractivity contribution is 0.00578. The van der Waals surface area contributed by atoms with Crippen LogP contribution < -0.4 is 0 Å². The van der Waals surface area contributed by atoms with Crippen LogP contribution in [0.25, 0.3) is 0 Å². The molecule has 1 aliphatic rings. The minimum atomic E-state index is -0.309. The zero-order valence-electron chi connectivity index (χ0n) is 11.8. The van der Waals surface area contributed by atoms with Gasteiger partial charge in [-0.1, -0.05) is 0 Å². The highest BCUT2D eigenvalue weighted by atomic mass is 16.7. The maximum atomic E-state index is 5.94. The molecule has 17 heavy (non-hydrogen) atoms. The molecule has 1 fully saturated rings. The maximum Gasteiger partial charge on any atom is 0.491 e. The van der Waals surface area contributed by atoms with Gasteiger partial charge in [0.25, 0.3) is 0 Å². The fraction of sp³-hybridized carbons (Fsp3) is 0.750. The average Bonchev–Trinajstić information content (AvgIpc) is 2.44. The summed E-state index contributed by atoms with van der Waals surface area (Å²) in [6, 6.07) is 0. The van der Waals surface area contributed by atoms with Crippen LogP contribution >= 0.6 is 0 Å². The van der Waals surface area contributed by atoms with E-state index in [-0.39, 0.29) is 18.3 Å². The van der Waals surface area contributed by atoms with Crippen LogP contribution in [0.15, 0.2) is 16.8 Å². The highest BCUT2D eigenvalue weighted by molar-refractivity contribution is 6.54. The summed E-state index contributed by atoms with van der Waals surface area (Å²) in [5.74, 6) is 0. The SMILES string of the molecule is C=NN(/C=C(\C)B1OC(C)(C)C(C)(C)O1)CC. The predicted molar refractivity (Wildman–Crippen MR) is 71.8 cm³/mol. The quantitative estimate of drug-likeness (QED) is 0.428. The van der Waals surface area contributed by atoms with Crippen LogP contribution in [0.4, 0.5) is 0 Å². The van der Waals surface area contributed by atoms with Gasteiger partial charge in [-0.25, -0.2) is 0 Å². The molecule has 0 amide bonds. The van der Waals surface area contributed by atoms with E-state index in [0.29, 0.717) is 0 Å². The molecule has 0 atom stereocenters. The third-order valence-electron chi connectivity index (χ3n) is 3.48. The molecule has 96 valence electrons. The molecule has 0 aromatic heterocycles. The van der Waals surface area contributed by atoms with E-state index < -0.39 is 0 Å². The van der Waals surface area contributed by atoms with Gasteiger partial charge in [0, 0.05) is 19.5 Å². The molecule has 0 spiro atoms. The molecule has 4 nitrogen and oxygen atoms in total. The van der Waals surface area contributed by atoms with Gasteiger partial charge in [-0.15, -0.1) is 0 Å². The summed E-state index contributed by atoms with van der Waals surface area (Å²) in [7, 11) is -0.309. The van der Waals surface area contributed by atoms with E-state index in [9.17, 15) is 0 Å². The second-order valence-electron chi connectivity index (χ2n) is 5.36. The molecule has 1 saturated heterocycles. The van der Waals surface area contributed by atoms with Crippen molar-refractivity contribution in [3.8, 4) is 0 Å². The monoisotopic (exact) mass is 238 g/mol. The first-order valence-corrected chi connectivity index (χ1v) is 6.00. The molecule has 1 aliphatic heterocycles. The minimum Gasteiger partial charge on any atom is -0.400 e. The summed E-state index contributed by atoms with van der Waals surface area (Å²) < 4.78 is 11.9. The van der Waals surface area contributed by atoms with Crippen LogP contribution in [-0.4, -0.2) is 36.6 Å². The molecular formula is C12H23BN2O2. The summed E-state index contributed by atoms with van der Waals surface area (Å²) in [6.07, 6.45) is 1.91. The van der Waals surface area contributed by atoms with Crippen LogP contribution in [0, 0.1) is 0 Å². The average molecular weight is 238 g/mol. The van der Waals surface area contributed by atoms with Crippen molar-refractivity contribution in [2.24, 2.45) is 5.10 Å². The van der Waals surface area contributed by atoms with Crippen molar-refractivity contribution in [2.45, 2.75) is 52.7 Å². The van der Waals surface area contributed by atoms with Crippen molar-refractivity contribution in [1.82, 2.24) is 5.01 Å². The Morgan fingerprint density at radius 3 is 2.12 bits per heavy atom. The molecule has 0 saturated carbocycles. The van der Waals surface area contributed by atoms with Crippen molar-refractivity contribution in [1.29, 1.82) is 0 Å². The summed E-state index contributed by atoms with van der Waals surface area (Å²) in [6.45, 7) is 16.5. The van der Waals surface area contributed by atoms with E-state index in [1.807, 2.05) is 47.7 Å². The molecule has 0 aromatic carbocycles. The fourth-order valence-electron chi connectivity index (χ4n) is 1.56. The summed E-state index contributed by atoms with van der Waals surface area (Å²) in [4.78, 5) is 0. The largest absolute Gasteiger partial charge is 0.491 e. The Balaban J connectivity index is 2.81. The first-order valence-electron chi connectivity index (χ1n) is 6.00. The zero-order valence-corrected chi connectivity index (χ0v) is 11.8. The van der Waals surface area contributed by atoms with Crippen LogP contribution in [0.5, 0.6) is 0 Å². The van der Waals surface area contributed by atoms with E-state index in [4.69, 9.17) is 9.31 Å². The molecule has 0 bridgehead atoms. The second-order valence-corrected chi connectivity index (χ2v) is 5.36. The Labute approximate surface area is 105 Å². The molecule has 0 aromatic rings. The Morgan fingerprint density at radius 1 is 1.29 bits per heavy atom. The standard InChI is InChI=1S/C12H23BN2O2/c1-8-15(14-7)9-10(2)13-16-11(3,4)12(5,6)17-13/h9H,7-8H2,1-6H3/b10-9+. The molecule has 1 heterocycles. The smallest absolute Gasteiger partial charge is 0.400 e. The summed E-state index contributed by atoms with van der Waals surface area (Å²) >= 11 is 0. The first-order chi connectivity index (χ1) is 7.73. The number of hydrogen-bond acceptors (Lipinski definition) is 4. The number of rotatable bonds is 4. The van der Waals surface area contributed by atoms with Gasteiger partial charge >= 0.3 is 7.12 Å². The summed E-state index contributed by atoms with van der Waals surface area (Å²) in [5.41, 5.74) is 0.398. The van der Waals surface area contributed by atoms with Gasteiger partial charge in [-0.05, 0) is 47.0 Å². The lowest BCUT2D eigenvalue weighted by Crippen LogP contribution is -2.41. The molecule has 0 N–H and O–H groups in total. The number of nitrogens with zero attached hydrogens (tertiary/aromatic N) is 2. The molecule has 5 heteroatoms. The van der Waals surface area contributed by atoms with Gasteiger partial charge in [-0.3, -0.25) is 5.01 Å². The van der Waals surface area contributed by atoms with Gasteiger partial charge in [-0.2, -0.15) is 5.10 Å². The highest BCUT2D eigenvalue weighted by Gasteiger charge is 2.51. The number of hydrazone groups is 1. The van der Waals surface area contributed by atoms with Crippen LogP contribution in [0.1, 0.15) is 41.5 Å². The van der Waals surface area contributed by atoms with Crippen molar-refractivity contribution in [3.63, 3.8) is 0 Å². The molecule has 1 rings (SSSR count). The Morgan fingerprint density at radius 2 is 1.76 bits per heavy atom. The van der Waals surface area contributed by atoms with E-state index in [1.165, 1.54) is 0 Å². The van der Waals surface area contributed by atoms with Crippen LogP contribution in [0.3, 0.4) is 0 Å². The van der Waals surface area contributed by atoms with Gasteiger partial charge in [0.1, 0.15) is 0 Å². The fourth-order valence-corrected chi connectivity index (χ4v) is 1.56. The van der Waals surface area contributed by atoms with Crippen molar-refractivity contribution in [2.75, 3.05) is 6.54 Å². The van der Waals surface area contributed by atoms with Crippen LogP contribution in [-0.2, 0) is 9.31 Å². The molecular weight excluding hydrogens is 215 g/mol. The third-order valence-corrected chi connectivity index (χ3v) is 3.48. The maximum absolute atomic E-state index is 5.94. The predicted octanol–water partition coefficient (Wildman–Crippen LogP) is 2.46. The van der Waals surface area contributed by atoms with Gasteiger partial charge in [0.2, 0.25) is 0 Å². The lowest BCUT2D eigenvalue weighted by Gasteiger charge is -2.32. The van der Waals surface area contributed by atoms with Crippen molar-refractivity contribution < 1.29 is 9.31 Å². The number of hydrogen-bond donors (Lipinski definition) is 0. The minimum absolute atomic E-state index is 0.300. The Kier molecular flexibility index (Phi) is 4.04.